The summed E-state index contributed by atoms with van der Waals surface area (Å²) in [7, 11) is 0. The molecule has 1 heterocycles. The lowest BCUT2D eigenvalue weighted by Gasteiger charge is -2.26. The van der Waals surface area contributed by atoms with Gasteiger partial charge in [0.15, 0.2) is 5.96 Å². The fourth-order valence-corrected chi connectivity index (χ4v) is 3.73. The number of ether oxygens (including phenoxy) is 1. The molecule has 0 saturated carbocycles. The van der Waals surface area contributed by atoms with E-state index >= 15 is 0 Å². The zero-order valence-corrected chi connectivity index (χ0v) is 15.9. The van der Waals surface area contributed by atoms with Crippen LogP contribution in [0.25, 0.3) is 0 Å². The number of guanidine groups is 1. The second-order valence-corrected chi connectivity index (χ2v) is 6.98. The number of benzene rings is 1. The molecule has 2 aliphatic rings. The van der Waals surface area contributed by atoms with Gasteiger partial charge in [-0.3, -0.25) is 4.90 Å². The van der Waals surface area contributed by atoms with Gasteiger partial charge in [-0.1, -0.05) is 6.07 Å². The highest BCUT2D eigenvalue weighted by atomic mass is 16.5. The van der Waals surface area contributed by atoms with Crippen LogP contribution < -0.4 is 10.6 Å². The van der Waals surface area contributed by atoms with E-state index in [4.69, 9.17) is 9.73 Å². The van der Waals surface area contributed by atoms with Crippen molar-refractivity contribution >= 4 is 5.96 Å². The maximum atomic E-state index is 10.3. The molecule has 0 radical (unpaired) electrons. The van der Waals surface area contributed by atoms with E-state index in [0.29, 0.717) is 12.3 Å². The Balaban J connectivity index is 1.60. The van der Waals surface area contributed by atoms with Gasteiger partial charge in [-0.05, 0) is 49.8 Å². The van der Waals surface area contributed by atoms with Crippen LogP contribution in [-0.4, -0.2) is 61.9 Å². The van der Waals surface area contributed by atoms with Gasteiger partial charge in [-0.2, -0.15) is 0 Å². The minimum Gasteiger partial charge on any atom is -0.508 e. The van der Waals surface area contributed by atoms with Crippen molar-refractivity contribution in [2.45, 2.75) is 39.2 Å². The number of phenolic OH excluding ortho intramolecular Hbond substituents is 1. The number of aromatic hydroxyl groups is 1. The third-order valence-corrected chi connectivity index (χ3v) is 5.19. The molecule has 144 valence electrons. The Labute approximate surface area is 156 Å². The van der Waals surface area contributed by atoms with Crippen molar-refractivity contribution in [2.75, 3.05) is 45.9 Å². The SMILES string of the molecule is CCNC(=NCc1c(O)ccc2c1CCCC2)NCCN1CCOCC1. The second kappa shape index (κ2) is 9.78. The molecule has 1 aliphatic carbocycles. The van der Waals surface area contributed by atoms with Gasteiger partial charge in [0.2, 0.25) is 0 Å². The highest BCUT2D eigenvalue weighted by molar-refractivity contribution is 5.79. The molecule has 3 rings (SSSR count). The summed E-state index contributed by atoms with van der Waals surface area (Å²) >= 11 is 0. The zero-order valence-electron chi connectivity index (χ0n) is 15.9. The Morgan fingerprint density at radius 3 is 2.81 bits per heavy atom. The fourth-order valence-electron chi connectivity index (χ4n) is 3.73. The third kappa shape index (κ3) is 5.11. The van der Waals surface area contributed by atoms with Crippen LogP contribution in [0.15, 0.2) is 17.1 Å². The van der Waals surface area contributed by atoms with Crippen molar-refractivity contribution < 1.29 is 9.84 Å². The number of morpholine rings is 1. The highest BCUT2D eigenvalue weighted by Crippen LogP contribution is 2.30. The first-order chi connectivity index (χ1) is 12.8. The quantitative estimate of drug-likeness (QED) is 0.532. The smallest absolute Gasteiger partial charge is 0.191 e. The van der Waals surface area contributed by atoms with E-state index in [1.54, 1.807) is 0 Å². The van der Waals surface area contributed by atoms with Crippen molar-refractivity contribution in [3.8, 4) is 5.75 Å². The Morgan fingerprint density at radius 2 is 2.00 bits per heavy atom. The van der Waals surface area contributed by atoms with Gasteiger partial charge in [-0.25, -0.2) is 4.99 Å². The largest absolute Gasteiger partial charge is 0.508 e. The van der Waals surface area contributed by atoms with E-state index in [9.17, 15) is 5.11 Å². The summed E-state index contributed by atoms with van der Waals surface area (Å²) in [6.07, 6.45) is 4.61. The zero-order chi connectivity index (χ0) is 18.2. The van der Waals surface area contributed by atoms with Crippen LogP contribution in [0.3, 0.4) is 0 Å². The van der Waals surface area contributed by atoms with E-state index in [1.807, 2.05) is 6.07 Å². The summed E-state index contributed by atoms with van der Waals surface area (Å²) in [5, 5.41) is 17.0. The summed E-state index contributed by atoms with van der Waals surface area (Å²) < 4.78 is 5.39. The van der Waals surface area contributed by atoms with Gasteiger partial charge in [0.05, 0.1) is 19.8 Å². The number of phenols is 1. The standard InChI is InChI=1S/C20H32N4O2/c1-2-21-20(22-9-10-24-11-13-26-14-12-24)23-15-18-17-6-4-3-5-16(17)7-8-19(18)25/h7-8,25H,2-6,9-15H2,1H3,(H2,21,22,23). The average molecular weight is 361 g/mol. The predicted molar refractivity (Wildman–Crippen MR) is 105 cm³/mol. The lowest BCUT2D eigenvalue weighted by molar-refractivity contribution is 0.0389. The van der Waals surface area contributed by atoms with Crippen molar-refractivity contribution in [3.05, 3.63) is 28.8 Å². The van der Waals surface area contributed by atoms with Crippen molar-refractivity contribution in [1.29, 1.82) is 0 Å². The minimum absolute atomic E-state index is 0.374. The molecule has 1 aromatic carbocycles. The van der Waals surface area contributed by atoms with Crippen LogP contribution in [0.4, 0.5) is 0 Å². The molecule has 6 heteroatoms. The lowest BCUT2D eigenvalue weighted by Crippen LogP contribution is -2.44. The molecule has 0 aromatic heterocycles. The first-order valence-electron chi connectivity index (χ1n) is 9.93. The summed E-state index contributed by atoms with van der Waals surface area (Å²) in [5.74, 6) is 1.19. The van der Waals surface area contributed by atoms with E-state index < -0.39 is 0 Å². The van der Waals surface area contributed by atoms with Gasteiger partial charge >= 0.3 is 0 Å². The summed E-state index contributed by atoms with van der Waals surface area (Å²) in [4.78, 5) is 7.13. The van der Waals surface area contributed by atoms with Crippen LogP contribution >= 0.6 is 0 Å². The van der Waals surface area contributed by atoms with Gasteiger partial charge in [-0.15, -0.1) is 0 Å². The maximum Gasteiger partial charge on any atom is 0.191 e. The molecular weight excluding hydrogens is 328 g/mol. The first kappa shape index (κ1) is 19.0. The molecule has 1 aromatic rings. The number of rotatable bonds is 6. The van der Waals surface area contributed by atoms with Gasteiger partial charge < -0.3 is 20.5 Å². The van der Waals surface area contributed by atoms with Gasteiger partial charge in [0, 0.05) is 38.3 Å². The monoisotopic (exact) mass is 360 g/mol. The summed E-state index contributed by atoms with van der Waals surface area (Å²) in [6, 6.07) is 3.90. The predicted octanol–water partition coefficient (Wildman–Crippen LogP) is 1.66. The third-order valence-electron chi connectivity index (χ3n) is 5.19. The number of nitrogens with zero attached hydrogens (tertiary/aromatic N) is 2. The van der Waals surface area contributed by atoms with Gasteiger partial charge in [0.1, 0.15) is 5.75 Å². The lowest BCUT2D eigenvalue weighted by atomic mass is 9.88. The van der Waals surface area contributed by atoms with E-state index in [-0.39, 0.29) is 0 Å². The summed E-state index contributed by atoms with van der Waals surface area (Å²) in [6.45, 7) is 8.90. The van der Waals surface area contributed by atoms with Crippen molar-refractivity contribution in [1.82, 2.24) is 15.5 Å². The highest BCUT2D eigenvalue weighted by Gasteiger charge is 2.16. The normalized spacial score (nSPS) is 18.4. The first-order valence-corrected chi connectivity index (χ1v) is 9.93. The molecule has 26 heavy (non-hydrogen) atoms. The molecule has 0 bridgehead atoms. The van der Waals surface area contributed by atoms with E-state index in [2.05, 4.69) is 28.5 Å². The van der Waals surface area contributed by atoms with Crippen LogP contribution in [0, 0.1) is 0 Å². The number of hydrogen-bond donors (Lipinski definition) is 3. The number of aliphatic imine (C=N–C) groups is 1. The van der Waals surface area contributed by atoms with Gasteiger partial charge in [0.25, 0.3) is 0 Å². The molecule has 0 atom stereocenters. The molecule has 1 fully saturated rings. The second-order valence-electron chi connectivity index (χ2n) is 6.98. The van der Waals surface area contributed by atoms with Crippen molar-refractivity contribution in [2.24, 2.45) is 4.99 Å². The molecule has 3 N–H and O–H groups in total. The molecular formula is C20H32N4O2. The Kier molecular flexibility index (Phi) is 7.14. The Hall–Kier alpha value is -1.79. The molecule has 0 spiro atoms. The summed E-state index contributed by atoms with van der Waals surface area (Å²) in [5.41, 5.74) is 3.68. The molecule has 6 nitrogen and oxygen atoms in total. The number of hydrogen-bond acceptors (Lipinski definition) is 4. The van der Waals surface area contributed by atoms with Crippen LogP contribution in [-0.2, 0) is 24.1 Å². The molecule has 1 saturated heterocycles. The van der Waals surface area contributed by atoms with Crippen LogP contribution in [0.1, 0.15) is 36.5 Å². The molecule has 0 unspecified atom stereocenters. The van der Waals surface area contributed by atoms with Crippen LogP contribution in [0.5, 0.6) is 5.75 Å². The van der Waals surface area contributed by atoms with E-state index in [1.165, 1.54) is 24.0 Å². The van der Waals surface area contributed by atoms with Crippen molar-refractivity contribution in [3.63, 3.8) is 0 Å². The topological polar surface area (TPSA) is 69.1 Å². The average Bonchev–Trinajstić information content (AvgIpc) is 2.68. The van der Waals surface area contributed by atoms with E-state index in [0.717, 1.165) is 70.3 Å². The minimum atomic E-state index is 0.374. The Bertz CT molecular complexity index is 612. The number of aryl methyl sites for hydroxylation is 1. The van der Waals surface area contributed by atoms with Crippen LogP contribution in [0.2, 0.25) is 0 Å². The fraction of sp³-hybridized carbons (Fsp3) is 0.650. The maximum absolute atomic E-state index is 10.3. The molecule has 0 amide bonds. The number of fused-ring (bicyclic) bond motifs is 1. The molecule has 1 aliphatic heterocycles. The Morgan fingerprint density at radius 1 is 1.19 bits per heavy atom. The number of nitrogens with one attached hydrogen (secondary N) is 2.